The third-order valence-electron chi connectivity index (χ3n) is 9.62. The van der Waals surface area contributed by atoms with E-state index in [4.69, 9.17) is 0 Å². The fourth-order valence-corrected chi connectivity index (χ4v) is 6.86. The van der Waals surface area contributed by atoms with Crippen LogP contribution in [0.15, 0.2) is 78.9 Å². The second kappa shape index (κ2) is 15.2. The molecule has 1 aliphatic heterocycles. The summed E-state index contributed by atoms with van der Waals surface area (Å²) in [5.41, 5.74) is 4.08. The van der Waals surface area contributed by atoms with Crippen molar-refractivity contribution in [2.45, 2.75) is 57.4 Å². The lowest BCUT2D eigenvalue weighted by molar-refractivity contribution is -0.130. The normalized spacial score (nSPS) is 15.9. The summed E-state index contributed by atoms with van der Waals surface area (Å²) in [5, 5.41) is 13.1. The minimum absolute atomic E-state index is 0.0369. The number of carbonyl (C=O) groups is 4. The van der Waals surface area contributed by atoms with Gasteiger partial charge in [0.05, 0.1) is 5.69 Å². The van der Waals surface area contributed by atoms with E-state index in [1.807, 2.05) is 61.6 Å². The van der Waals surface area contributed by atoms with Crippen molar-refractivity contribution in [3.8, 4) is 11.1 Å². The van der Waals surface area contributed by atoms with Crippen LogP contribution in [0.25, 0.3) is 11.1 Å². The van der Waals surface area contributed by atoms with E-state index < -0.39 is 6.09 Å². The zero-order valence-electron chi connectivity index (χ0n) is 26.6. The molecule has 1 saturated carbocycles. The number of carboxylic acid groups (broad SMARTS) is 1. The average Bonchev–Trinajstić information content (AvgIpc) is 3.06. The smallest absolute Gasteiger partial charge is 0.412 e. The fourth-order valence-electron chi connectivity index (χ4n) is 6.86. The van der Waals surface area contributed by atoms with Crippen LogP contribution in [0.4, 0.5) is 16.2 Å². The first kappa shape index (κ1) is 32.9. The van der Waals surface area contributed by atoms with E-state index in [1.54, 1.807) is 34.1 Å². The van der Waals surface area contributed by atoms with Crippen molar-refractivity contribution in [3.63, 3.8) is 0 Å². The van der Waals surface area contributed by atoms with Gasteiger partial charge < -0.3 is 20.2 Å². The Morgan fingerprint density at radius 2 is 1.59 bits per heavy atom. The second-order valence-corrected chi connectivity index (χ2v) is 12.7. The molecule has 46 heavy (non-hydrogen) atoms. The maximum absolute atomic E-state index is 12.8. The molecule has 1 spiro atoms. The molecule has 242 valence electrons. The van der Waals surface area contributed by atoms with Crippen molar-refractivity contribution in [2.24, 2.45) is 5.41 Å². The van der Waals surface area contributed by atoms with Gasteiger partial charge in [0.15, 0.2) is 0 Å². The number of hydrogen-bond donors (Lipinski definition) is 2. The van der Waals surface area contributed by atoms with Crippen molar-refractivity contribution < 1.29 is 24.3 Å². The highest BCUT2D eigenvalue weighted by molar-refractivity contribution is 5.94. The Bertz CT molecular complexity index is 1490. The molecule has 2 aliphatic rings. The van der Waals surface area contributed by atoms with Gasteiger partial charge in [-0.3, -0.25) is 19.3 Å². The first-order valence-electron chi connectivity index (χ1n) is 16.2. The van der Waals surface area contributed by atoms with Gasteiger partial charge in [0.1, 0.15) is 6.29 Å². The number of benzene rings is 3. The van der Waals surface area contributed by atoms with Gasteiger partial charge in [-0.1, -0.05) is 48.5 Å². The van der Waals surface area contributed by atoms with Crippen LogP contribution in [0.1, 0.15) is 61.7 Å². The lowest BCUT2D eigenvalue weighted by Gasteiger charge is -2.54. The summed E-state index contributed by atoms with van der Waals surface area (Å²) in [7, 11) is 1.82. The molecule has 0 radical (unpaired) electrons. The average molecular weight is 625 g/mol. The van der Waals surface area contributed by atoms with E-state index in [0.29, 0.717) is 37.1 Å². The first-order chi connectivity index (χ1) is 22.3. The highest BCUT2D eigenvalue weighted by Crippen LogP contribution is 2.52. The van der Waals surface area contributed by atoms with Crippen molar-refractivity contribution in [2.75, 3.05) is 43.4 Å². The summed E-state index contributed by atoms with van der Waals surface area (Å²) < 4.78 is 0. The third-order valence-corrected chi connectivity index (χ3v) is 9.62. The number of anilines is 2. The summed E-state index contributed by atoms with van der Waals surface area (Å²) >= 11 is 0. The van der Waals surface area contributed by atoms with E-state index in [1.165, 1.54) is 0 Å². The predicted molar refractivity (Wildman–Crippen MR) is 180 cm³/mol. The highest BCUT2D eigenvalue weighted by atomic mass is 16.4. The lowest BCUT2D eigenvalue weighted by Crippen LogP contribution is -2.56. The van der Waals surface area contributed by atoms with Crippen LogP contribution in [0.5, 0.6) is 0 Å². The molecular formula is C37H44N4O5. The number of nitrogens with zero attached hydrogens (tertiary/aromatic N) is 3. The van der Waals surface area contributed by atoms with Gasteiger partial charge in [-0.25, -0.2) is 4.79 Å². The molecule has 0 atom stereocenters. The summed E-state index contributed by atoms with van der Waals surface area (Å²) in [6.45, 7) is 3.17. The molecule has 9 nitrogen and oxygen atoms in total. The maximum atomic E-state index is 12.8. The summed E-state index contributed by atoms with van der Waals surface area (Å²) in [4.78, 5) is 54.0. The molecule has 3 aromatic carbocycles. The molecule has 9 heteroatoms. The number of hydrogen-bond acceptors (Lipinski definition) is 5. The number of para-hydroxylation sites is 1. The zero-order valence-corrected chi connectivity index (χ0v) is 26.6. The van der Waals surface area contributed by atoms with Crippen LogP contribution in [-0.4, -0.2) is 78.4 Å². The molecule has 0 bridgehead atoms. The van der Waals surface area contributed by atoms with Crippen molar-refractivity contribution >= 4 is 35.6 Å². The van der Waals surface area contributed by atoms with Crippen LogP contribution in [0.3, 0.4) is 0 Å². The van der Waals surface area contributed by atoms with Gasteiger partial charge in [0, 0.05) is 55.8 Å². The monoisotopic (exact) mass is 624 g/mol. The summed E-state index contributed by atoms with van der Waals surface area (Å²) in [6.07, 6.45) is 5.89. The van der Waals surface area contributed by atoms with E-state index >= 15 is 0 Å². The van der Waals surface area contributed by atoms with Gasteiger partial charge in [0.2, 0.25) is 11.8 Å². The summed E-state index contributed by atoms with van der Waals surface area (Å²) in [5.74, 6) is 0.0269. The zero-order chi connectivity index (χ0) is 32.5. The van der Waals surface area contributed by atoms with E-state index in [0.717, 1.165) is 74.8 Å². The van der Waals surface area contributed by atoms with Crippen molar-refractivity contribution in [3.05, 3.63) is 84.4 Å². The molecule has 0 aromatic heterocycles. The topological polar surface area (TPSA) is 110 Å². The molecule has 5 rings (SSSR count). The number of piperidine rings is 1. The Morgan fingerprint density at radius 3 is 2.26 bits per heavy atom. The molecule has 2 N–H and O–H groups in total. The minimum atomic E-state index is -0.909. The lowest BCUT2D eigenvalue weighted by atomic mass is 9.60. The Balaban J connectivity index is 1.01. The Labute approximate surface area is 271 Å². The standard InChI is InChI=1S/C37H44N4O5/c1-39(21-8-7-13-34(43)38-30-16-14-28(27-42)15-17-30)35(44)18-22-40-23-19-37(20-24-40)25-31(26-37)41(36(45)46)33-12-6-5-11-32(33)29-9-3-2-4-10-29/h2-6,9-12,14-17,27,31H,7-8,13,18-26H2,1H3,(H,38,43)(H,45,46). The number of aldehydes is 1. The van der Waals surface area contributed by atoms with Crippen LogP contribution < -0.4 is 10.2 Å². The van der Waals surface area contributed by atoms with E-state index in [-0.39, 0.29) is 23.3 Å². The molecule has 0 unspecified atom stereocenters. The molecule has 3 aromatic rings. The quantitative estimate of drug-likeness (QED) is 0.165. The van der Waals surface area contributed by atoms with Gasteiger partial charge >= 0.3 is 6.09 Å². The molecule has 2 fully saturated rings. The van der Waals surface area contributed by atoms with Gasteiger partial charge in [-0.05, 0) is 92.9 Å². The number of carbonyl (C=O) groups excluding carboxylic acids is 3. The predicted octanol–water partition coefficient (Wildman–Crippen LogP) is 6.55. The second-order valence-electron chi connectivity index (χ2n) is 12.7. The van der Waals surface area contributed by atoms with E-state index in [9.17, 15) is 24.3 Å². The third kappa shape index (κ3) is 8.20. The molecule has 1 heterocycles. The Hall–Kier alpha value is -4.50. The minimum Gasteiger partial charge on any atom is -0.465 e. The van der Waals surface area contributed by atoms with Gasteiger partial charge in [0.25, 0.3) is 0 Å². The Morgan fingerprint density at radius 1 is 0.913 bits per heavy atom. The molecular weight excluding hydrogens is 580 g/mol. The SMILES string of the molecule is CN(CCCCC(=O)Nc1ccc(C=O)cc1)C(=O)CCN1CCC2(CC1)CC(N(C(=O)O)c1ccccc1-c1ccccc1)C2. The van der Waals surface area contributed by atoms with Crippen LogP contribution in [0, 0.1) is 5.41 Å². The molecule has 1 saturated heterocycles. The number of likely N-dealkylation sites (tertiary alicyclic amines) is 1. The van der Waals surface area contributed by atoms with Gasteiger partial charge in [-0.2, -0.15) is 0 Å². The number of nitrogens with one attached hydrogen (secondary N) is 1. The molecule has 1 aliphatic carbocycles. The molecule has 3 amide bonds. The van der Waals surface area contributed by atoms with Crippen LogP contribution in [0.2, 0.25) is 0 Å². The first-order valence-corrected chi connectivity index (χ1v) is 16.2. The van der Waals surface area contributed by atoms with E-state index in [2.05, 4.69) is 10.2 Å². The number of unbranched alkanes of at least 4 members (excludes halogenated alkanes) is 1. The number of amides is 3. The number of rotatable bonds is 13. The fraction of sp³-hybridized carbons (Fsp3) is 0.405. The largest absolute Gasteiger partial charge is 0.465 e. The van der Waals surface area contributed by atoms with Gasteiger partial charge in [-0.15, -0.1) is 0 Å². The van der Waals surface area contributed by atoms with Crippen LogP contribution in [-0.2, 0) is 9.59 Å². The summed E-state index contributed by atoms with van der Waals surface area (Å²) in [6, 6.07) is 24.4. The Kier molecular flexibility index (Phi) is 10.9. The van der Waals surface area contributed by atoms with Crippen molar-refractivity contribution in [1.82, 2.24) is 9.80 Å². The van der Waals surface area contributed by atoms with Crippen molar-refractivity contribution in [1.29, 1.82) is 0 Å². The maximum Gasteiger partial charge on any atom is 0.412 e. The van der Waals surface area contributed by atoms with Crippen LogP contribution >= 0.6 is 0 Å². The highest BCUT2D eigenvalue weighted by Gasteiger charge is 2.49.